The van der Waals surface area contributed by atoms with E-state index in [0.717, 1.165) is 61.5 Å². The number of rotatable bonds is 4. The number of aliphatic hydroxyl groups excluding tert-OH is 1. The molecule has 2 aliphatic rings. The van der Waals surface area contributed by atoms with Gasteiger partial charge < -0.3 is 20.6 Å². The highest BCUT2D eigenvalue weighted by atomic mass is 16.3. The monoisotopic (exact) mass is 435 g/mol. The number of nitrogens with two attached hydrogens (primary N) is 1. The van der Waals surface area contributed by atoms with E-state index < -0.39 is 0 Å². The van der Waals surface area contributed by atoms with Crippen molar-refractivity contribution in [1.82, 2.24) is 24.5 Å². The van der Waals surface area contributed by atoms with E-state index in [1.807, 2.05) is 28.6 Å². The van der Waals surface area contributed by atoms with Gasteiger partial charge in [0.1, 0.15) is 11.5 Å². The summed E-state index contributed by atoms with van der Waals surface area (Å²) in [4.78, 5) is 26.6. The summed E-state index contributed by atoms with van der Waals surface area (Å²) in [6.07, 6.45) is 5.82. The molecule has 3 aromatic rings. The molecule has 5 heterocycles. The summed E-state index contributed by atoms with van der Waals surface area (Å²) < 4.78 is 1.81. The molecule has 5 rings (SSSR count). The van der Waals surface area contributed by atoms with Gasteiger partial charge in [-0.15, -0.1) is 0 Å². The highest BCUT2D eigenvalue weighted by molar-refractivity contribution is 5.92. The van der Waals surface area contributed by atoms with Crippen molar-refractivity contribution in [3.05, 3.63) is 53.1 Å². The van der Waals surface area contributed by atoms with Crippen molar-refractivity contribution in [2.24, 2.45) is 5.73 Å². The lowest BCUT2D eigenvalue weighted by Crippen LogP contribution is -2.39. The minimum absolute atomic E-state index is 0.124. The van der Waals surface area contributed by atoms with E-state index >= 15 is 0 Å². The highest BCUT2D eigenvalue weighted by Gasteiger charge is 2.32. The summed E-state index contributed by atoms with van der Waals surface area (Å²) in [6, 6.07) is 7.23. The zero-order valence-corrected chi connectivity index (χ0v) is 18.3. The largest absolute Gasteiger partial charge is 0.390 e. The summed E-state index contributed by atoms with van der Waals surface area (Å²) in [5, 5.41) is 14.2. The van der Waals surface area contributed by atoms with E-state index in [4.69, 9.17) is 15.8 Å². The van der Waals surface area contributed by atoms with Gasteiger partial charge in [0.05, 0.1) is 24.0 Å². The average Bonchev–Trinajstić information content (AvgIpc) is 3.43. The van der Waals surface area contributed by atoms with Crippen LogP contribution in [-0.4, -0.2) is 61.2 Å². The fourth-order valence-electron chi connectivity index (χ4n) is 4.80. The molecular formula is C23H29N7O2. The first-order valence-electron chi connectivity index (χ1n) is 11.3. The molecule has 9 heteroatoms. The zero-order valence-electron chi connectivity index (χ0n) is 18.3. The minimum Gasteiger partial charge on any atom is -0.390 e. The average molecular weight is 436 g/mol. The molecule has 0 bridgehead atoms. The molecule has 0 radical (unpaired) electrons. The van der Waals surface area contributed by atoms with Crippen molar-refractivity contribution in [3.8, 4) is 0 Å². The van der Waals surface area contributed by atoms with Crippen LogP contribution >= 0.6 is 0 Å². The van der Waals surface area contributed by atoms with Crippen LogP contribution < -0.4 is 10.6 Å². The number of aryl methyl sites for hydroxylation is 1. The summed E-state index contributed by atoms with van der Waals surface area (Å²) >= 11 is 0. The van der Waals surface area contributed by atoms with Crippen LogP contribution in [0.15, 0.2) is 30.5 Å². The van der Waals surface area contributed by atoms with Crippen molar-refractivity contribution < 1.29 is 9.90 Å². The van der Waals surface area contributed by atoms with E-state index in [2.05, 4.69) is 9.88 Å². The van der Waals surface area contributed by atoms with Crippen molar-refractivity contribution in [3.63, 3.8) is 0 Å². The van der Waals surface area contributed by atoms with E-state index in [-0.39, 0.29) is 24.6 Å². The van der Waals surface area contributed by atoms with Crippen LogP contribution in [0.4, 0.5) is 5.82 Å². The van der Waals surface area contributed by atoms with E-state index in [1.165, 1.54) is 0 Å². The fourth-order valence-corrected chi connectivity index (χ4v) is 4.80. The maximum Gasteiger partial charge on any atom is 0.273 e. The number of anilines is 1. The summed E-state index contributed by atoms with van der Waals surface area (Å²) in [5.41, 5.74) is 9.62. The summed E-state index contributed by atoms with van der Waals surface area (Å²) in [5.74, 6) is 0.830. The predicted octanol–water partition coefficient (Wildman–Crippen LogP) is 1.83. The van der Waals surface area contributed by atoms with Gasteiger partial charge in [-0.1, -0.05) is 6.07 Å². The number of carbonyl (C=O) groups excluding carboxylic acids is 1. The summed E-state index contributed by atoms with van der Waals surface area (Å²) in [7, 11) is 0. The Labute approximate surface area is 186 Å². The molecule has 0 aromatic carbocycles. The van der Waals surface area contributed by atoms with Crippen LogP contribution in [0.25, 0.3) is 5.65 Å². The fraction of sp³-hybridized carbons (Fsp3) is 0.478. The molecule has 0 aliphatic carbocycles. The number of aliphatic hydroxyl groups is 1. The molecule has 32 heavy (non-hydrogen) atoms. The minimum atomic E-state index is -0.188. The number of piperidine rings is 1. The molecule has 2 saturated heterocycles. The predicted molar refractivity (Wildman–Crippen MR) is 120 cm³/mol. The van der Waals surface area contributed by atoms with Gasteiger partial charge in [0.15, 0.2) is 5.65 Å². The van der Waals surface area contributed by atoms with Gasteiger partial charge in [-0.3, -0.25) is 4.79 Å². The number of fused-ring (bicyclic) bond motifs is 1. The Bertz CT molecular complexity index is 1140. The second-order valence-corrected chi connectivity index (χ2v) is 8.80. The quantitative estimate of drug-likeness (QED) is 0.643. The van der Waals surface area contributed by atoms with Crippen LogP contribution in [-0.2, 0) is 6.61 Å². The maximum atomic E-state index is 13.3. The molecule has 1 amide bonds. The lowest BCUT2D eigenvalue weighted by molar-refractivity contribution is 0.0599. The van der Waals surface area contributed by atoms with Crippen molar-refractivity contribution in [2.45, 2.75) is 51.3 Å². The Morgan fingerprint density at radius 1 is 1.22 bits per heavy atom. The summed E-state index contributed by atoms with van der Waals surface area (Å²) in [6.45, 7) is 4.24. The number of hydrogen-bond donors (Lipinski definition) is 2. The lowest BCUT2D eigenvalue weighted by atomic mass is 9.99. The van der Waals surface area contributed by atoms with Gasteiger partial charge in [0.25, 0.3) is 5.91 Å². The van der Waals surface area contributed by atoms with Crippen LogP contribution in [0.2, 0.25) is 0 Å². The smallest absolute Gasteiger partial charge is 0.273 e. The van der Waals surface area contributed by atoms with Crippen LogP contribution in [0.5, 0.6) is 0 Å². The molecule has 2 atom stereocenters. The number of hydrogen-bond acceptors (Lipinski definition) is 7. The Kier molecular flexibility index (Phi) is 5.52. The molecule has 3 aromatic heterocycles. The molecule has 3 N–H and O–H groups in total. The molecule has 9 nitrogen and oxygen atoms in total. The first kappa shape index (κ1) is 20.8. The van der Waals surface area contributed by atoms with Crippen molar-refractivity contribution >= 4 is 17.4 Å². The molecular weight excluding hydrogens is 406 g/mol. The lowest BCUT2D eigenvalue weighted by Gasteiger charge is -2.34. The van der Waals surface area contributed by atoms with Gasteiger partial charge in [0.2, 0.25) is 0 Å². The SMILES string of the molecule is Cc1cn2nc(C3CCCCN3C(=O)c3cccc(CO)n3)cc2nc1N1CCC(N)C1. The van der Waals surface area contributed by atoms with Crippen LogP contribution in [0, 0.1) is 6.92 Å². The number of amides is 1. The molecule has 168 valence electrons. The highest BCUT2D eigenvalue weighted by Crippen LogP contribution is 2.32. The zero-order chi connectivity index (χ0) is 22.2. The molecule has 0 saturated carbocycles. The standard InChI is InChI=1S/C23H29N7O2/c1-15-12-30-21(26-22(15)28-10-8-16(24)13-28)11-19(27-30)20-7-2-3-9-29(20)23(32)18-6-4-5-17(14-31)25-18/h4-6,11-12,16,20,31H,2-3,7-10,13-14,24H2,1H3. The van der Waals surface area contributed by atoms with Crippen LogP contribution in [0.3, 0.4) is 0 Å². The van der Waals surface area contributed by atoms with Gasteiger partial charge in [-0.05, 0) is 44.7 Å². The number of aromatic nitrogens is 4. The first-order chi connectivity index (χ1) is 15.5. The third-order valence-electron chi connectivity index (χ3n) is 6.44. The molecule has 2 unspecified atom stereocenters. The van der Waals surface area contributed by atoms with Gasteiger partial charge in [-0.25, -0.2) is 14.5 Å². The topological polar surface area (TPSA) is 113 Å². The van der Waals surface area contributed by atoms with E-state index in [9.17, 15) is 9.90 Å². The van der Waals surface area contributed by atoms with Gasteiger partial charge in [0, 0.05) is 43.5 Å². The Morgan fingerprint density at radius 2 is 2.09 bits per heavy atom. The number of nitrogens with zero attached hydrogens (tertiary/aromatic N) is 6. The van der Waals surface area contributed by atoms with Gasteiger partial charge >= 0.3 is 0 Å². The number of likely N-dealkylation sites (tertiary alicyclic amines) is 1. The number of carbonyl (C=O) groups is 1. The van der Waals surface area contributed by atoms with Crippen molar-refractivity contribution in [1.29, 1.82) is 0 Å². The number of pyridine rings is 1. The first-order valence-corrected chi connectivity index (χ1v) is 11.3. The van der Waals surface area contributed by atoms with Gasteiger partial charge in [-0.2, -0.15) is 5.10 Å². The van der Waals surface area contributed by atoms with Crippen LogP contribution in [0.1, 0.15) is 59.2 Å². The molecule has 2 aliphatic heterocycles. The second-order valence-electron chi connectivity index (χ2n) is 8.80. The Hall–Kier alpha value is -3.04. The maximum absolute atomic E-state index is 13.3. The van der Waals surface area contributed by atoms with Crippen molar-refractivity contribution in [2.75, 3.05) is 24.5 Å². The molecule has 0 spiro atoms. The Balaban J connectivity index is 1.46. The molecule has 2 fully saturated rings. The third kappa shape index (κ3) is 3.82. The third-order valence-corrected chi connectivity index (χ3v) is 6.44. The van der Waals surface area contributed by atoms with E-state index in [0.29, 0.717) is 17.9 Å². The van der Waals surface area contributed by atoms with E-state index in [1.54, 1.807) is 18.2 Å². The normalized spacial score (nSPS) is 21.5. The Morgan fingerprint density at radius 3 is 2.88 bits per heavy atom. The second kappa shape index (κ2) is 8.48.